The van der Waals surface area contributed by atoms with Gasteiger partial charge in [0.05, 0.1) is 4.48 Å². The van der Waals surface area contributed by atoms with Crippen LogP contribution < -0.4 is 0 Å². The van der Waals surface area contributed by atoms with Crippen LogP contribution in [-0.4, -0.2) is 22.0 Å². The molecular weight excluding hydrogens is 264 g/mol. The average molecular weight is 271 g/mol. The number of rotatable bonds is 3. The maximum Gasteiger partial charge on any atom is 0.329 e. The summed E-state index contributed by atoms with van der Waals surface area (Å²) in [6, 6.07) is 5.53. The molecule has 78 valence electrons. The lowest BCUT2D eigenvalue weighted by atomic mass is 10.1. The van der Waals surface area contributed by atoms with Crippen LogP contribution in [0.5, 0.6) is 5.75 Å². The molecule has 0 spiro atoms. The molecule has 1 aromatic carbocycles. The summed E-state index contributed by atoms with van der Waals surface area (Å²) in [7, 11) is 0. The predicted octanol–water partition coefficient (Wildman–Crippen LogP) is 1.94. The van der Waals surface area contributed by atoms with Gasteiger partial charge in [-0.2, -0.15) is 0 Å². The Kier molecular flexibility index (Phi) is 3.62. The summed E-state index contributed by atoms with van der Waals surface area (Å²) >= 11 is 2.87. The van der Waals surface area contributed by atoms with Crippen LogP contribution in [0.15, 0.2) is 34.8 Å². The summed E-state index contributed by atoms with van der Waals surface area (Å²) in [6.07, 6.45) is 0.773. The first-order chi connectivity index (χ1) is 7.00. The first kappa shape index (κ1) is 11.5. The number of halogens is 1. The van der Waals surface area contributed by atoms with E-state index in [-0.39, 0.29) is 10.2 Å². The largest absolute Gasteiger partial charge is 0.508 e. The average Bonchev–Trinajstić information content (AvgIpc) is 2.17. The van der Waals surface area contributed by atoms with Gasteiger partial charge in [-0.15, -0.1) is 0 Å². The van der Waals surface area contributed by atoms with Gasteiger partial charge in [-0.25, -0.2) is 4.79 Å². The SMILES string of the molecule is O=C(O)/C=C(\Br)C(=O)c1ccc(O)cc1. The highest BCUT2D eigenvalue weighted by Crippen LogP contribution is 2.16. The second kappa shape index (κ2) is 4.75. The van der Waals surface area contributed by atoms with E-state index in [1.807, 2.05) is 0 Å². The minimum absolute atomic E-state index is 0.0410. The molecule has 0 saturated heterocycles. The topological polar surface area (TPSA) is 74.6 Å². The van der Waals surface area contributed by atoms with Gasteiger partial charge in [0.15, 0.2) is 5.78 Å². The molecule has 0 fully saturated rings. The third-order valence-corrected chi connectivity index (χ3v) is 2.19. The Morgan fingerprint density at radius 2 is 1.73 bits per heavy atom. The number of benzene rings is 1. The van der Waals surface area contributed by atoms with Crippen LogP contribution in [0.4, 0.5) is 0 Å². The van der Waals surface area contributed by atoms with E-state index in [1.165, 1.54) is 24.3 Å². The summed E-state index contributed by atoms with van der Waals surface area (Å²) in [6.45, 7) is 0. The normalized spacial score (nSPS) is 11.1. The predicted molar refractivity (Wildman–Crippen MR) is 57.1 cm³/mol. The minimum atomic E-state index is -1.20. The van der Waals surface area contributed by atoms with Crippen LogP contribution in [0.25, 0.3) is 0 Å². The third-order valence-electron chi connectivity index (χ3n) is 1.60. The Hall–Kier alpha value is -1.62. The van der Waals surface area contributed by atoms with Crippen molar-refractivity contribution in [3.63, 3.8) is 0 Å². The zero-order chi connectivity index (χ0) is 11.4. The number of carbonyl (C=O) groups is 2. The van der Waals surface area contributed by atoms with E-state index in [4.69, 9.17) is 10.2 Å². The Bertz CT molecular complexity index is 420. The molecule has 0 aliphatic carbocycles. The van der Waals surface area contributed by atoms with Gasteiger partial charge in [0.2, 0.25) is 0 Å². The number of ketones is 1. The molecule has 15 heavy (non-hydrogen) atoms. The van der Waals surface area contributed by atoms with Crippen molar-refractivity contribution in [2.24, 2.45) is 0 Å². The fraction of sp³-hybridized carbons (Fsp3) is 0. The van der Waals surface area contributed by atoms with Crippen LogP contribution in [0.2, 0.25) is 0 Å². The molecule has 0 saturated carbocycles. The van der Waals surface area contributed by atoms with Gasteiger partial charge in [0, 0.05) is 11.6 Å². The van der Waals surface area contributed by atoms with Crippen LogP contribution in [0, 0.1) is 0 Å². The molecule has 0 amide bonds. The lowest BCUT2D eigenvalue weighted by Gasteiger charge is -1.98. The van der Waals surface area contributed by atoms with E-state index >= 15 is 0 Å². The molecule has 5 heteroatoms. The van der Waals surface area contributed by atoms with Gasteiger partial charge in [-0.1, -0.05) is 0 Å². The van der Waals surface area contributed by atoms with Crippen LogP contribution in [-0.2, 0) is 4.79 Å². The third kappa shape index (κ3) is 3.21. The van der Waals surface area contributed by atoms with Crippen molar-refractivity contribution >= 4 is 27.7 Å². The van der Waals surface area contributed by atoms with Crippen molar-refractivity contribution in [2.45, 2.75) is 0 Å². The van der Waals surface area contributed by atoms with Crippen molar-refractivity contribution in [3.05, 3.63) is 40.4 Å². The van der Waals surface area contributed by atoms with Gasteiger partial charge in [-0.3, -0.25) is 4.79 Å². The molecule has 0 bridgehead atoms. The van der Waals surface area contributed by atoms with Crippen molar-refractivity contribution in [1.82, 2.24) is 0 Å². The number of aliphatic carboxylic acids is 1. The monoisotopic (exact) mass is 270 g/mol. The zero-order valence-corrected chi connectivity index (χ0v) is 9.06. The number of hydrogen-bond donors (Lipinski definition) is 2. The summed E-state index contributed by atoms with van der Waals surface area (Å²) in [5.41, 5.74) is 0.303. The van der Waals surface area contributed by atoms with Gasteiger partial charge in [-0.05, 0) is 40.2 Å². The van der Waals surface area contributed by atoms with Crippen molar-refractivity contribution in [1.29, 1.82) is 0 Å². The summed E-state index contributed by atoms with van der Waals surface area (Å²) < 4.78 is -0.0410. The van der Waals surface area contributed by atoms with E-state index in [2.05, 4.69) is 15.9 Å². The van der Waals surface area contributed by atoms with Gasteiger partial charge in [0.25, 0.3) is 0 Å². The van der Waals surface area contributed by atoms with E-state index < -0.39 is 11.8 Å². The summed E-state index contributed by atoms with van der Waals surface area (Å²) in [4.78, 5) is 21.8. The van der Waals surface area contributed by atoms with E-state index in [1.54, 1.807) is 0 Å². The summed E-state index contributed by atoms with van der Waals surface area (Å²) in [5.74, 6) is -1.60. The lowest BCUT2D eigenvalue weighted by Crippen LogP contribution is -2.00. The van der Waals surface area contributed by atoms with Gasteiger partial charge < -0.3 is 10.2 Å². The standard InChI is InChI=1S/C10H7BrO4/c11-8(5-9(13)14)10(15)6-1-3-7(12)4-2-6/h1-5,12H,(H,13,14)/b8-5-. The summed E-state index contributed by atoms with van der Waals surface area (Å²) in [5, 5.41) is 17.4. The van der Waals surface area contributed by atoms with Crippen molar-refractivity contribution < 1.29 is 19.8 Å². The lowest BCUT2D eigenvalue weighted by molar-refractivity contribution is -0.131. The molecule has 2 N–H and O–H groups in total. The highest BCUT2D eigenvalue weighted by atomic mass is 79.9. The Balaban J connectivity index is 2.95. The fourth-order valence-electron chi connectivity index (χ4n) is 0.925. The van der Waals surface area contributed by atoms with Crippen molar-refractivity contribution in [2.75, 3.05) is 0 Å². The molecule has 0 atom stereocenters. The minimum Gasteiger partial charge on any atom is -0.508 e. The highest BCUT2D eigenvalue weighted by Gasteiger charge is 2.10. The number of carboxylic acid groups (broad SMARTS) is 1. The first-order valence-electron chi connectivity index (χ1n) is 3.94. The molecule has 0 aliphatic rings. The molecule has 0 radical (unpaired) electrons. The first-order valence-corrected chi connectivity index (χ1v) is 4.74. The van der Waals surface area contributed by atoms with E-state index in [0.717, 1.165) is 6.08 Å². The zero-order valence-electron chi connectivity index (χ0n) is 7.48. The molecule has 1 rings (SSSR count). The maximum atomic E-state index is 11.5. The number of Topliss-reactive ketones (excluding diaryl/α,β-unsaturated/α-hetero) is 1. The van der Waals surface area contributed by atoms with E-state index in [0.29, 0.717) is 5.56 Å². The van der Waals surface area contributed by atoms with E-state index in [9.17, 15) is 9.59 Å². The molecular formula is C10H7BrO4. The fourth-order valence-corrected chi connectivity index (χ4v) is 1.35. The number of phenolic OH excluding ortho intramolecular Hbond substituents is 1. The van der Waals surface area contributed by atoms with Gasteiger partial charge in [0.1, 0.15) is 5.75 Å². The Morgan fingerprint density at radius 1 is 1.20 bits per heavy atom. The molecule has 0 aromatic heterocycles. The molecule has 1 aromatic rings. The number of allylic oxidation sites excluding steroid dienone is 1. The number of phenols is 1. The number of carbonyl (C=O) groups excluding carboxylic acids is 1. The number of aromatic hydroxyl groups is 1. The maximum absolute atomic E-state index is 11.5. The highest BCUT2D eigenvalue weighted by molar-refractivity contribution is 9.12. The Labute approximate surface area is 94.0 Å². The molecule has 0 heterocycles. The van der Waals surface area contributed by atoms with Crippen LogP contribution in [0.3, 0.4) is 0 Å². The van der Waals surface area contributed by atoms with Crippen LogP contribution in [0.1, 0.15) is 10.4 Å². The van der Waals surface area contributed by atoms with Crippen molar-refractivity contribution in [3.8, 4) is 5.75 Å². The molecule has 0 aliphatic heterocycles. The van der Waals surface area contributed by atoms with Crippen LogP contribution >= 0.6 is 15.9 Å². The number of hydrogen-bond acceptors (Lipinski definition) is 3. The second-order valence-corrected chi connectivity index (χ2v) is 3.56. The second-order valence-electron chi connectivity index (χ2n) is 2.71. The Morgan fingerprint density at radius 3 is 2.20 bits per heavy atom. The van der Waals surface area contributed by atoms with Gasteiger partial charge >= 0.3 is 5.97 Å². The smallest absolute Gasteiger partial charge is 0.329 e. The molecule has 4 nitrogen and oxygen atoms in total. The molecule has 0 unspecified atom stereocenters. The number of carboxylic acids is 1. The quantitative estimate of drug-likeness (QED) is 0.650.